The number of ether oxygens (including phenoxy) is 1. The highest BCUT2D eigenvalue weighted by Crippen LogP contribution is 2.10. The van der Waals surface area contributed by atoms with Gasteiger partial charge in [-0.15, -0.1) is 0 Å². The quantitative estimate of drug-likeness (QED) is 0.403. The van der Waals surface area contributed by atoms with E-state index in [4.69, 9.17) is 10.3 Å². The fourth-order valence-electron chi connectivity index (χ4n) is 0.708. The van der Waals surface area contributed by atoms with Gasteiger partial charge >= 0.3 is 0 Å². The van der Waals surface area contributed by atoms with E-state index in [1.165, 1.54) is 6.20 Å². The maximum absolute atomic E-state index is 8.12. The predicted molar refractivity (Wildman–Crippen MR) is 46.6 cm³/mol. The average molecular weight is 179 g/mol. The summed E-state index contributed by atoms with van der Waals surface area (Å²) in [5, 5.41) is 3.25. The van der Waals surface area contributed by atoms with Crippen molar-refractivity contribution in [1.82, 2.24) is 9.97 Å². The standard InChI is InChI=1S/C7H9N5O/c1-2-5-13-6-3-4-9-7(10-6)11-12-8/h3-4H,2,5H2,1H3. The van der Waals surface area contributed by atoms with E-state index in [9.17, 15) is 0 Å². The summed E-state index contributed by atoms with van der Waals surface area (Å²) in [5.74, 6) is 0.510. The normalized spacial score (nSPS) is 9.00. The van der Waals surface area contributed by atoms with Gasteiger partial charge in [0.15, 0.2) is 0 Å². The van der Waals surface area contributed by atoms with Gasteiger partial charge in [-0.3, -0.25) is 0 Å². The number of aromatic nitrogens is 2. The van der Waals surface area contributed by atoms with Crippen LogP contribution in [0.15, 0.2) is 17.4 Å². The molecule has 0 fully saturated rings. The van der Waals surface area contributed by atoms with Crippen molar-refractivity contribution in [3.63, 3.8) is 0 Å². The molecule has 1 aromatic heterocycles. The molecule has 68 valence electrons. The van der Waals surface area contributed by atoms with Gasteiger partial charge in [-0.2, -0.15) is 4.98 Å². The van der Waals surface area contributed by atoms with Crippen molar-refractivity contribution in [2.75, 3.05) is 6.61 Å². The van der Waals surface area contributed by atoms with Crippen LogP contribution in [-0.2, 0) is 0 Å². The highest BCUT2D eigenvalue weighted by molar-refractivity contribution is 5.20. The molecule has 0 aromatic carbocycles. The van der Waals surface area contributed by atoms with Crippen LogP contribution in [0.2, 0.25) is 0 Å². The fraction of sp³-hybridized carbons (Fsp3) is 0.429. The van der Waals surface area contributed by atoms with Gasteiger partial charge in [-0.05, 0) is 17.1 Å². The van der Waals surface area contributed by atoms with Crippen LogP contribution >= 0.6 is 0 Å². The zero-order chi connectivity index (χ0) is 9.52. The first kappa shape index (κ1) is 9.28. The molecular formula is C7H9N5O. The molecule has 6 heteroatoms. The van der Waals surface area contributed by atoms with E-state index >= 15 is 0 Å². The third-order valence-electron chi connectivity index (χ3n) is 1.21. The fourth-order valence-corrected chi connectivity index (χ4v) is 0.708. The molecule has 13 heavy (non-hydrogen) atoms. The third-order valence-corrected chi connectivity index (χ3v) is 1.21. The van der Waals surface area contributed by atoms with E-state index in [1.807, 2.05) is 6.92 Å². The van der Waals surface area contributed by atoms with Crippen LogP contribution in [0.4, 0.5) is 5.95 Å². The second-order valence-electron chi connectivity index (χ2n) is 2.23. The molecular weight excluding hydrogens is 170 g/mol. The Labute approximate surface area is 75.2 Å². The van der Waals surface area contributed by atoms with E-state index < -0.39 is 0 Å². The lowest BCUT2D eigenvalue weighted by molar-refractivity contribution is 0.305. The zero-order valence-corrected chi connectivity index (χ0v) is 7.21. The largest absolute Gasteiger partial charge is 0.478 e. The molecule has 1 aromatic rings. The Morgan fingerprint density at radius 2 is 2.54 bits per heavy atom. The Morgan fingerprint density at radius 3 is 3.23 bits per heavy atom. The van der Waals surface area contributed by atoms with Gasteiger partial charge < -0.3 is 4.74 Å². The molecule has 1 rings (SSSR count). The molecule has 0 saturated carbocycles. The summed E-state index contributed by atoms with van der Waals surface area (Å²) in [6.07, 6.45) is 2.39. The van der Waals surface area contributed by atoms with Gasteiger partial charge in [0.25, 0.3) is 0 Å². The molecule has 0 amide bonds. The summed E-state index contributed by atoms with van der Waals surface area (Å²) < 4.78 is 5.21. The highest BCUT2D eigenvalue weighted by Gasteiger charge is 1.96. The van der Waals surface area contributed by atoms with Crippen molar-refractivity contribution in [2.24, 2.45) is 5.11 Å². The Hall–Kier alpha value is -1.81. The van der Waals surface area contributed by atoms with E-state index in [1.54, 1.807) is 6.07 Å². The molecule has 0 radical (unpaired) electrons. The van der Waals surface area contributed by atoms with Crippen molar-refractivity contribution in [1.29, 1.82) is 0 Å². The van der Waals surface area contributed by atoms with Gasteiger partial charge in [0, 0.05) is 17.2 Å². The molecule has 0 bridgehead atoms. The topological polar surface area (TPSA) is 83.8 Å². The number of rotatable bonds is 4. The SMILES string of the molecule is CCCOc1ccnc(N=[N+]=[N-])n1. The van der Waals surface area contributed by atoms with Crippen molar-refractivity contribution in [3.05, 3.63) is 22.7 Å². The van der Waals surface area contributed by atoms with Crippen LogP contribution in [0.25, 0.3) is 10.4 Å². The van der Waals surface area contributed by atoms with Crippen molar-refractivity contribution >= 4 is 5.95 Å². The number of nitrogens with zero attached hydrogens (tertiary/aromatic N) is 5. The smallest absolute Gasteiger partial charge is 0.219 e. The lowest BCUT2D eigenvalue weighted by atomic mass is 10.5. The van der Waals surface area contributed by atoms with E-state index in [-0.39, 0.29) is 5.95 Å². The molecule has 0 spiro atoms. The predicted octanol–water partition coefficient (Wildman–Crippen LogP) is 2.21. The molecule has 0 aliphatic carbocycles. The zero-order valence-electron chi connectivity index (χ0n) is 7.21. The summed E-state index contributed by atoms with van der Waals surface area (Å²) >= 11 is 0. The third kappa shape index (κ3) is 2.96. The Balaban J connectivity index is 2.73. The minimum absolute atomic E-state index is 0.0797. The Bertz CT molecular complexity index is 320. The summed E-state index contributed by atoms with van der Waals surface area (Å²) in [7, 11) is 0. The number of hydrogen-bond donors (Lipinski definition) is 0. The molecule has 0 atom stereocenters. The van der Waals surface area contributed by atoms with Crippen molar-refractivity contribution < 1.29 is 4.74 Å². The minimum Gasteiger partial charge on any atom is -0.478 e. The minimum atomic E-state index is 0.0797. The first-order valence-corrected chi connectivity index (χ1v) is 3.87. The Kier molecular flexibility index (Phi) is 3.53. The summed E-state index contributed by atoms with van der Waals surface area (Å²) in [4.78, 5) is 10.1. The molecule has 0 unspecified atom stereocenters. The van der Waals surface area contributed by atoms with Gasteiger partial charge in [-0.1, -0.05) is 6.92 Å². The first-order chi connectivity index (χ1) is 6.36. The first-order valence-electron chi connectivity index (χ1n) is 3.87. The maximum atomic E-state index is 8.12. The van der Waals surface area contributed by atoms with E-state index in [0.717, 1.165) is 6.42 Å². The number of hydrogen-bond acceptors (Lipinski definition) is 4. The van der Waals surface area contributed by atoms with Gasteiger partial charge in [0.1, 0.15) is 0 Å². The molecule has 1 heterocycles. The monoisotopic (exact) mass is 179 g/mol. The van der Waals surface area contributed by atoms with Gasteiger partial charge in [0.05, 0.1) is 6.61 Å². The highest BCUT2D eigenvalue weighted by atomic mass is 16.5. The van der Waals surface area contributed by atoms with Gasteiger partial charge in [-0.25, -0.2) is 4.98 Å². The lowest BCUT2D eigenvalue weighted by Crippen LogP contribution is -1.97. The molecule has 0 aliphatic heterocycles. The van der Waals surface area contributed by atoms with Crippen LogP contribution < -0.4 is 4.74 Å². The van der Waals surface area contributed by atoms with Crippen LogP contribution in [0.1, 0.15) is 13.3 Å². The molecule has 0 saturated heterocycles. The van der Waals surface area contributed by atoms with E-state index in [0.29, 0.717) is 12.5 Å². The average Bonchev–Trinajstić information content (AvgIpc) is 2.16. The molecule has 6 nitrogen and oxygen atoms in total. The maximum Gasteiger partial charge on any atom is 0.219 e. The molecule has 0 N–H and O–H groups in total. The second-order valence-corrected chi connectivity index (χ2v) is 2.23. The molecule has 0 aliphatic rings. The number of azide groups is 1. The lowest BCUT2D eigenvalue weighted by Gasteiger charge is -2.01. The van der Waals surface area contributed by atoms with Crippen molar-refractivity contribution in [3.8, 4) is 5.88 Å². The van der Waals surface area contributed by atoms with Crippen LogP contribution in [0, 0.1) is 0 Å². The van der Waals surface area contributed by atoms with Crippen LogP contribution in [0.5, 0.6) is 5.88 Å². The Morgan fingerprint density at radius 1 is 1.69 bits per heavy atom. The van der Waals surface area contributed by atoms with Crippen LogP contribution in [0.3, 0.4) is 0 Å². The summed E-state index contributed by atoms with van der Waals surface area (Å²) in [6.45, 7) is 2.59. The van der Waals surface area contributed by atoms with Crippen LogP contribution in [-0.4, -0.2) is 16.6 Å². The van der Waals surface area contributed by atoms with Crippen molar-refractivity contribution in [2.45, 2.75) is 13.3 Å². The summed E-state index contributed by atoms with van der Waals surface area (Å²) in [6, 6.07) is 1.62. The summed E-state index contributed by atoms with van der Waals surface area (Å²) in [5.41, 5.74) is 8.12. The van der Waals surface area contributed by atoms with Gasteiger partial charge in [0.2, 0.25) is 11.8 Å². The van der Waals surface area contributed by atoms with E-state index in [2.05, 4.69) is 20.0 Å². The second kappa shape index (κ2) is 4.95.